The van der Waals surface area contributed by atoms with Crippen LogP contribution in [0.3, 0.4) is 0 Å². The van der Waals surface area contributed by atoms with Crippen LogP contribution in [0.15, 0.2) is 35.3 Å². The summed E-state index contributed by atoms with van der Waals surface area (Å²) in [5.41, 5.74) is 1.76. The van der Waals surface area contributed by atoms with Crippen LogP contribution in [0.25, 0.3) is 0 Å². The van der Waals surface area contributed by atoms with E-state index >= 15 is 0 Å². The maximum atomic E-state index is 4.41. The van der Waals surface area contributed by atoms with E-state index in [1.165, 1.54) is 18.4 Å². The van der Waals surface area contributed by atoms with Crippen LogP contribution >= 0.6 is 0 Å². The minimum atomic E-state index is 0.307. The molecule has 2 aliphatic rings. The fourth-order valence-corrected chi connectivity index (χ4v) is 3.62. The van der Waals surface area contributed by atoms with Crippen molar-refractivity contribution < 1.29 is 0 Å². The minimum absolute atomic E-state index is 0.307. The molecule has 1 unspecified atom stereocenters. The molecule has 0 aromatic heterocycles. The third kappa shape index (κ3) is 4.73. The lowest BCUT2D eigenvalue weighted by molar-refractivity contribution is 0.120. The van der Waals surface area contributed by atoms with Crippen molar-refractivity contribution in [3.05, 3.63) is 35.9 Å². The number of guanidine groups is 1. The van der Waals surface area contributed by atoms with Crippen molar-refractivity contribution in [2.45, 2.75) is 31.2 Å². The Hall–Kier alpha value is -1.59. The zero-order valence-corrected chi connectivity index (χ0v) is 16.0. The number of benzene rings is 1. The highest BCUT2D eigenvalue weighted by molar-refractivity contribution is 5.79. The number of nitrogens with one attached hydrogen (secondary N) is 2. The van der Waals surface area contributed by atoms with E-state index in [0.29, 0.717) is 11.5 Å². The molecule has 2 fully saturated rings. The molecule has 0 radical (unpaired) electrons. The van der Waals surface area contributed by atoms with Gasteiger partial charge in [-0.1, -0.05) is 30.3 Å². The van der Waals surface area contributed by atoms with Gasteiger partial charge in [-0.2, -0.15) is 0 Å². The second kappa shape index (κ2) is 8.19. The molecule has 0 bridgehead atoms. The summed E-state index contributed by atoms with van der Waals surface area (Å²) < 4.78 is 0. The summed E-state index contributed by atoms with van der Waals surface area (Å²) in [6.07, 6.45) is 2.53. The molecule has 1 heterocycles. The largest absolute Gasteiger partial charge is 0.356 e. The molecule has 3 rings (SSSR count). The molecule has 5 heteroatoms. The van der Waals surface area contributed by atoms with Crippen molar-refractivity contribution >= 4 is 5.96 Å². The van der Waals surface area contributed by atoms with Gasteiger partial charge in [0.05, 0.1) is 0 Å². The standard InChI is InChI=1S/C20H33N5/c1-17(25-13-11-24(3)12-14-25)15-22-19(21-2)23-16-20(9-10-20)18-7-5-4-6-8-18/h4-8,17H,9-16H2,1-3H3,(H2,21,22,23). The van der Waals surface area contributed by atoms with E-state index in [0.717, 1.165) is 45.2 Å². The van der Waals surface area contributed by atoms with Crippen LogP contribution in [0.5, 0.6) is 0 Å². The predicted octanol–water partition coefficient (Wildman–Crippen LogP) is 1.52. The Kier molecular flexibility index (Phi) is 5.97. The monoisotopic (exact) mass is 343 g/mol. The van der Waals surface area contributed by atoms with Crippen molar-refractivity contribution in [2.24, 2.45) is 4.99 Å². The van der Waals surface area contributed by atoms with Gasteiger partial charge in [0.1, 0.15) is 0 Å². The fourth-order valence-electron chi connectivity index (χ4n) is 3.62. The van der Waals surface area contributed by atoms with Gasteiger partial charge in [-0.15, -0.1) is 0 Å². The SMILES string of the molecule is CN=C(NCC(C)N1CCN(C)CC1)NCC1(c2ccccc2)CC1. The van der Waals surface area contributed by atoms with Gasteiger partial charge in [-0.05, 0) is 32.4 Å². The van der Waals surface area contributed by atoms with Crippen LogP contribution < -0.4 is 10.6 Å². The molecule has 1 aromatic rings. The molecule has 1 saturated carbocycles. The van der Waals surface area contributed by atoms with Gasteiger partial charge in [0.2, 0.25) is 0 Å². The van der Waals surface area contributed by atoms with Crippen LogP contribution in [0.2, 0.25) is 0 Å². The molecule has 1 aliphatic carbocycles. The minimum Gasteiger partial charge on any atom is -0.356 e. The first-order valence-electron chi connectivity index (χ1n) is 9.56. The molecule has 0 amide bonds. The second-order valence-corrected chi connectivity index (χ2v) is 7.64. The summed E-state index contributed by atoms with van der Waals surface area (Å²) >= 11 is 0. The molecule has 2 N–H and O–H groups in total. The third-order valence-corrected chi connectivity index (χ3v) is 5.78. The smallest absolute Gasteiger partial charge is 0.191 e. The third-order valence-electron chi connectivity index (χ3n) is 5.78. The summed E-state index contributed by atoms with van der Waals surface area (Å²) in [4.78, 5) is 9.37. The molecular formula is C20H33N5. The van der Waals surface area contributed by atoms with Crippen LogP contribution in [0.1, 0.15) is 25.3 Å². The van der Waals surface area contributed by atoms with E-state index in [-0.39, 0.29) is 0 Å². The predicted molar refractivity (Wildman–Crippen MR) is 105 cm³/mol. The van der Waals surface area contributed by atoms with Crippen LogP contribution in [-0.2, 0) is 5.41 Å². The molecule has 1 aromatic carbocycles. The topological polar surface area (TPSA) is 42.9 Å². The first-order valence-corrected chi connectivity index (χ1v) is 9.56. The molecule has 1 saturated heterocycles. The average Bonchev–Trinajstić information content (AvgIpc) is 3.44. The van der Waals surface area contributed by atoms with Crippen molar-refractivity contribution in [1.29, 1.82) is 0 Å². The zero-order chi connectivity index (χ0) is 17.7. The van der Waals surface area contributed by atoms with Gasteiger partial charge < -0.3 is 15.5 Å². The highest BCUT2D eigenvalue weighted by Crippen LogP contribution is 2.47. The van der Waals surface area contributed by atoms with E-state index in [2.05, 4.69) is 69.7 Å². The van der Waals surface area contributed by atoms with Crippen molar-refractivity contribution in [3.8, 4) is 0 Å². The fraction of sp³-hybridized carbons (Fsp3) is 0.650. The first kappa shape index (κ1) is 18.2. The van der Waals surface area contributed by atoms with E-state index in [1.54, 1.807) is 0 Å². The number of hydrogen-bond acceptors (Lipinski definition) is 3. The van der Waals surface area contributed by atoms with E-state index in [1.807, 2.05) is 7.05 Å². The highest BCUT2D eigenvalue weighted by atomic mass is 15.3. The number of likely N-dealkylation sites (N-methyl/N-ethyl adjacent to an activating group) is 1. The molecular weight excluding hydrogens is 310 g/mol. The van der Waals surface area contributed by atoms with Gasteiger partial charge in [-0.25, -0.2) is 0 Å². The van der Waals surface area contributed by atoms with Crippen LogP contribution in [0, 0.1) is 0 Å². The molecule has 1 atom stereocenters. The molecule has 5 nitrogen and oxygen atoms in total. The Bertz CT molecular complexity index is 559. The van der Waals surface area contributed by atoms with E-state index in [4.69, 9.17) is 0 Å². The molecule has 0 spiro atoms. The van der Waals surface area contributed by atoms with Gasteiger partial charge in [-0.3, -0.25) is 9.89 Å². The van der Waals surface area contributed by atoms with Gasteiger partial charge in [0, 0.05) is 57.8 Å². The lowest BCUT2D eigenvalue weighted by Crippen LogP contribution is -2.52. The zero-order valence-electron chi connectivity index (χ0n) is 16.0. The summed E-state index contributed by atoms with van der Waals surface area (Å²) in [6.45, 7) is 8.83. The Labute approximate surface area is 152 Å². The van der Waals surface area contributed by atoms with Crippen molar-refractivity contribution in [2.75, 3.05) is 53.4 Å². The van der Waals surface area contributed by atoms with E-state index in [9.17, 15) is 0 Å². The normalized spacial score (nSPS) is 22.4. The van der Waals surface area contributed by atoms with Gasteiger partial charge in [0.15, 0.2) is 5.96 Å². The first-order chi connectivity index (χ1) is 12.1. The lowest BCUT2D eigenvalue weighted by Gasteiger charge is -2.36. The summed E-state index contributed by atoms with van der Waals surface area (Å²) in [5, 5.41) is 7.06. The summed E-state index contributed by atoms with van der Waals surface area (Å²) in [7, 11) is 4.06. The van der Waals surface area contributed by atoms with Crippen molar-refractivity contribution in [1.82, 2.24) is 20.4 Å². The second-order valence-electron chi connectivity index (χ2n) is 7.64. The Morgan fingerprint density at radius 3 is 2.40 bits per heavy atom. The van der Waals surface area contributed by atoms with Gasteiger partial charge >= 0.3 is 0 Å². The Balaban J connectivity index is 1.44. The highest BCUT2D eigenvalue weighted by Gasteiger charge is 2.44. The number of rotatable bonds is 6. The number of piperazine rings is 1. The van der Waals surface area contributed by atoms with Crippen LogP contribution in [0.4, 0.5) is 0 Å². The summed E-state index contributed by atoms with van der Waals surface area (Å²) in [6, 6.07) is 11.4. The molecule has 138 valence electrons. The number of hydrogen-bond donors (Lipinski definition) is 2. The maximum Gasteiger partial charge on any atom is 0.191 e. The average molecular weight is 344 g/mol. The van der Waals surface area contributed by atoms with Crippen molar-refractivity contribution in [3.63, 3.8) is 0 Å². The molecule has 1 aliphatic heterocycles. The lowest BCUT2D eigenvalue weighted by atomic mass is 9.96. The van der Waals surface area contributed by atoms with E-state index < -0.39 is 0 Å². The van der Waals surface area contributed by atoms with Crippen LogP contribution in [-0.4, -0.2) is 75.2 Å². The maximum absolute atomic E-state index is 4.41. The number of nitrogens with zero attached hydrogens (tertiary/aromatic N) is 3. The Morgan fingerprint density at radius 1 is 1.12 bits per heavy atom. The quantitative estimate of drug-likeness (QED) is 0.607. The Morgan fingerprint density at radius 2 is 1.80 bits per heavy atom. The molecule has 25 heavy (non-hydrogen) atoms. The number of aliphatic imine (C=N–C) groups is 1. The van der Waals surface area contributed by atoms with Gasteiger partial charge in [0.25, 0.3) is 0 Å². The summed E-state index contributed by atoms with van der Waals surface area (Å²) in [5.74, 6) is 0.920.